The van der Waals surface area contributed by atoms with Gasteiger partial charge >= 0.3 is 0 Å². The number of sulfonamides is 1. The molecule has 4 aromatic rings. The Morgan fingerprint density at radius 2 is 1.93 bits per heavy atom. The number of imidazole rings is 1. The lowest BCUT2D eigenvalue weighted by Gasteiger charge is -2.25. The number of halogens is 2. The molecule has 1 aliphatic carbocycles. The molecule has 1 atom stereocenters. The van der Waals surface area contributed by atoms with Crippen LogP contribution in [-0.4, -0.2) is 58.4 Å². The van der Waals surface area contributed by atoms with Crippen LogP contribution < -0.4 is 9.62 Å². The molecule has 1 N–H and O–H groups in total. The molecular formula is C30H35F2N7O4S. The lowest BCUT2D eigenvalue weighted by molar-refractivity contribution is -0.119. The quantitative estimate of drug-likeness (QED) is 0.247. The number of carbonyl (C=O) groups is 1. The van der Waals surface area contributed by atoms with Gasteiger partial charge in [0.05, 0.1) is 34.7 Å². The Morgan fingerprint density at radius 3 is 2.55 bits per heavy atom. The van der Waals surface area contributed by atoms with Gasteiger partial charge in [-0.05, 0) is 62.8 Å². The molecular weight excluding hydrogens is 592 g/mol. The zero-order valence-electron chi connectivity index (χ0n) is 25.0. The highest BCUT2D eigenvalue weighted by molar-refractivity contribution is 7.92. The number of anilines is 3. The van der Waals surface area contributed by atoms with E-state index < -0.39 is 28.5 Å². The summed E-state index contributed by atoms with van der Waals surface area (Å²) in [6.07, 6.45) is 3.27. The minimum absolute atomic E-state index is 0.00869. The number of pyridine rings is 1. The van der Waals surface area contributed by atoms with Gasteiger partial charge in [0, 0.05) is 44.8 Å². The molecule has 11 nitrogen and oxygen atoms in total. The molecule has 1 aliphatic heterocycles. The van der Waals surface area contributed by atoms with Crippen molar-refractivity contribution in [1.82, 2.24) is 24.3 Å². The lowest BCUT2D eigenvalue weighted by Crippen LogP contribution is -2.25. The normalized spacial score (nSPS) is 17.4. The first-order valence-corrected chi connectivity index (χ1v) is 16.5. The molecule has 3 aromatic heterocycles. The van der Waals surface area contributed by atoms with Crippen molar-refractivity contribution in [1.29, 1.82) is 0 Å². The second-order valence-corrected chi connectivity index (χ2v) is 13.6. The summed E-state index contributed by atoms with van der Waals surface area (Å²) in [5, 5.41) is 7.67. The fourth-order valence-electron chi connectivity index (χ4n) is 5.68. The number of nitrogens with zero attached hydrogens (tertiary/aromatic N) is 6. The molecule has 1 saturated carbocycles. The highest BCUT2D eigenvalue weighted by Gasteiger charge is 2.32. The van der Waals surface area contributed by atoms with Crippen LogP contribution in [0.3, 0.4) is 0 Å². The van der Waals surface area contributed by atoms with Crippen molar-refractivity contribution >= 4 is 44.0 Å². The Balaban J connectivity index is 1.51. The number of fused-ring (bicyclic) bond motifs is 1. The summed E-state index contributed by atoms with van der Waals surface area (Å²) in [6.45, 7) is 2.30. The molecule has 234 valence electrons. The standard InChI is InChI=1S/C30H35F2N7O4S/c1-17-21(16-37(2)36-17)19-10-11-22(24(13-19)38(3)44(4,41)42)34-23-14-20(15-25(40)18-8-9-18)33-29-27(23)35-30(28(31)32)39(29)26-7-5-6-12-43-26/h10-11,13-14,16,18,26,28H,5-9,12,15H2,1-4H3,(H,33,34). The summed E-state index contributed by atoms with van der Waals surface area (Å²) in [5.41, 5.74) is 4.21. The largest absolute Gasteiger partial charge is 0.358 e. The van der Waals surface area contributed by atoms with Crippen LogP contribution in [0, 0.1) is 12.8 Å². The number of alkyl halides is 2. The van der Waals surface area contributed by atoms with Crippen molar-refractivity contribution in [3.63, 3.8) is 0 Å². The van der Waals surface area contributed by atoms with Gasteiger partial charge in [-0.25, -0.2) is 27.2 Å². The third kappa shape index (κ3) is 5.92. The maximum absolute atomic E-state index is 14.4. The molecule has 0 spiro atoms. The summed E-state index contributed by atoms with van der Waals surface area (Å²) in [6, 6.07) is 6.94. The molecule has 14 heteroatoms. The van der Waals surface area contributed by atoms with Gasteiger partial charge in [0.1, 0.15) is 17.5 Å². The summed E-state index contributed by atoms with van der Waals surface area (Å²) < 4.78 is 64.4. The van der Waals surface area contributed by atoms with Crippen LogP contribution in [0.15, 0.2) is 30.5 Å². The average Bonchev–Trinajstić information content (AvgIpc) is 3.67. The van der Waals surface area contributed by atoms with Gasteiger partial charge in [-0.3, -0.25) is 18.3 Å². The number of carbonyl (C=O) groups excluding carboxylic acids is 1. The van der Waals surface area contributed by atoms with E-state index in [0.717, 1.165) is 53.1 Å². The number of hydrogen-bond donors (Lipinski definition) is 1. The van der Waals surface area contributed by atoms with E-state index in [9.17, 15) is 22.0 Å². The van der Waals surface area contributed by atoms with E-state index in [2.05, 4.69) is 20.4 Å². The highest BCUT2D eigenvalue weighted by Crippen LogP contribution is 2.39. The fraction of sp³-hybridized carbons (Fsp3) is 0.467. The molecule has 1 aromatic carbocycles. The predicted octanol–water partition coefficient (Wildman–Crippen LogP) is 5.44. The number of hydrogen-bond acceptors (Lipinski definition) is 8. The topological polar surface area (TPSA) is 124 Å². The Hall–Kier alpha value is -3.91. The zero-order chi connectivity index (χ0) is 31.3. The minimum atomic E-state index is -3.69. The number of rotatable bonds is 10. The monoisotopic (exact) mass is 627 g/mol. The minimum Gasteiger partial charge on any atom is -0.358 e. The van der Waals surface area contributed by atoms with Crippen molar-refractivity contribution < 1.29 is 26.7 Å². The van der Waals surface area contributed by atoms with Crippen molar-refractivity contribution in [2.45, 2.75) is 58.1 Å². The van der Waals surface area contributed by atoms with Gasteiger partial charge in [-0.2, -0.15) is 5.10 Å². The van der Waals surface area contributed by atoms with Crippen molar-refractivity contribution in [2.75, 3.05) is 29.5 Å². The van der Waals surface area contributed by atoms with E-state index >= 15 is 0 Å². The van der Waals surface area contributed by atoms with E-state index in [4.69, 9.17) is 4.74 Å². The molecule has 2 aliphatic rings. The molecule has 0 amide bonds. The molecule has 1 saturated heterocycles. The van der Waals surface area contributed by atoms with E-state index in [0.29, 0.717) is 35.8 Å². The van der Waals surface area contributed by atoms with Gasteiger partial charge < -0.3 is 10.1 Å². The van der Waals surface area contributed by atoms with Crippen LogP contribution >= 0.6 is 0 Å². The first-order valence-electron chi connectivity index (χ1n) is 14.6. The summed E-state index contributed by atoms with van der Waals surface area (Å²) in [4.78, 5) is 21.8. The number of Topliss-reactive ketones (excluding diaryl/α,β-unsaturated/α-hetero) is 1. The second kappa shape index (κ2) is 11.5. The van der Waals surface area contributed by atoms with Crippen LogP contribution in [0.1, 0.15) is 62.0 Å². The maximum Gasteiger partial charge on any atom is 0.295 e. The predicted molar refractivity (Wildman–Crippen MR) is 163 cm³/mol. The van der Waals surface area contributed by atoms with E-state index in [1.165, 1.54) is 11.6 Å². The smallest absolute Gasteiger partial charge is 0.295 e. The Morgan fingerprint density at radius 1 is 1.16 bits per heavy atom. The molecule has 0 bridgehead atoms. The number of nitrogens with one attached hydrogen (secondary N) is 1. The molecule has 6 rings (SSSR count). The zero-order valence-corrected chi connectivity index (χ0v) is 25.9. The van der Waals surface area contributed by atoms with Gasteiger partial charge in [0.15, 0.2) is 11.5 Å². The summed E-state index contributed by atoms with van der Waals surface area (Å²) in [5.74, 6) is -0.430. The van der Waals surface area contributed by atoms with Crippen molar-refractivity contribution in [3.05, 3.63) is 47.7 Å². The van der Waals surface area contributed by atoms with Crippen LogP contribution in [0.2, 0.25) is 0 Å². The molecule has 1 unspecified atom stereocenters. The average molecular weight is 628 g/mol. The Bertz CT molecular complexity index is 1840. The SMILES string of the molecule is Cc1nn(C)cc1-c1ccc(Nc2cc(CC(=O)C3CC3)nc3c2nc(C(F)F)n3C2CCCCO2)c(N(C)S(C)(=O)=O)c1. The lowest BCUT2D eigenvalue weighted by atomic mass is 10.0. The summed E-state index contributed by atoms with van der Waals surface area (Å²) >= 11 is 0. The number of ketones is 1. The van der Waals surface area contributed by atoms with Gasteiger partial charge in [0.2, 0.25) is 10.0 Å². The van der Waals surface area contributed by atoms with Gasteiger partial charge in [-0.1, -0.05) is 6.07 Å². The fourth-order valence-corrected chi connectivity index (χ4v) is 6.19. The number of aryl methyl sites for hydroxylation is 2. The van der Waals surface area contributed by atoms with Crippen LogP contribution in [0.4, 0.5) is 25.8 Å². The third-order valence-corrected chi connectivity index (χ3v) is 9.38. The first-order chi connectivity index (χ1) is 20.9. The van der Waals surface area contributed by atoms with Gasteiger partial charge in [-0.15, -0.1) is 0 Å². The Kier molecular flexibility index (Phi) is 7.91. The molecule has 2 fully saturated rings. The van der Waals surface area contributed by atoms with Crippen LogP contribution in [-0.2, 0) is 33.0 Å². The summed E-state index contributed by atoms with van der Waals surface area (Å²) in [7, 11) is -0.439. The third-order valence-electron chi connectivity index (χ3n) is 8.18. The van der Waals surface area contributed by atoms with Gasteiger partial charge in [0.25, 0.3) is 6.43 Å². The maximum atomic E-state index is 14.4. The van der Waals surface area contributed by atoms with E-state index in [1.807, 2.05) is 19.2 Å². The van der Waals surface area contributed by atoms with Crippen LogP contribution in [0.5, 0.6) is 0 Å². The highest BCUT2D eigenvalue weighted by atomic mass is 32.2. The second-order valence-electron chi connectivity index (χ2n) is 11.6. The molecule has 0 radical (unpaired) electrons. The van der Waals surface area contributed by atoms with E-state index in [-0.39, 0.29) is 29.3 Å². The number of aromatic nitrogens is 5. The van der Waals surface area contributed by atoms with Crippen molar-refractivity contribution in [3.8, 4) is 11.1 Å². The Labute approximate surface area is 254 Å². The molecule has 44 heavy (non-hydrogen) atoms. The molecule has 4 heterocycles. The number of benzene rings is 1. The number of ether oxygens (including phenoxy) is 1. The van der Waals surface area contributed by atoms with Crippen LogP contribution in [0.25, 0.3) is 22.3 Å². The van der Waals surface area contributed by atoms with Crippen molar-refractivity contribution in [2.24, 2.45) is 13.0 Å². The van der Waals surface area contributed by atoms with E-state index in [1.54, 1.807) is 29.9 Å². The first kappa shape index (κ1) is 30.1.